The van der Waals surface area contributed by atoms with Gasteiger partial charge in [-0.25, -0.2) is 4.79 Å². The lowest BCUT2D eigenvalue weighted by atomic mass is 10.1. The van der Waals surface area contributed by atoms with E-state index >= 15 is 0 Å². The maximum Gasteiger partial charge on any atom is 0.338 e. The van der Waals surface area contributed by atoms with E-state index < -0.39 is 5.97 Å². The Morgan fingerprint density at radius 1 is 1.04 bits per heavy atom. The largest absolute Gasteiger partial charge is 0.507 e. The van der Waals surface area contributed by atoms with Crippen molar-refractivity contribution in [1.29, 1.82) is 0 Å². The van der Waals surface area contributed by atoms with Gasteiger partial charge in [-0.3, -0.25) is 4.79 Å². The van der Waals surface area contributed by atoms with Crippen molar-refractivity contribution in [2.75, 3.05) is 0 Å². The predicted octanol–water partition coefficient (Wildman–Crippen LogP) is 5.29. The summed E-state index contributed by atoms with van der Waals surface area (Å²) in [5, 5.41) is 10.2. The average molecular weight is 403 g/mol. The van der Waals surface area contributed by atoms with Gasteiger partial charge in [0.15, 0.2) is 5.78 Å². The third-order valence-corrected chi connectivity index (χ3v) is 3.83. The average Bonchev–Trinajstić information content (AvgIpc) is 2.59. The number of allylic oxidation sites excluding steroid dienone is 1. The standard InChI is InChI=1S/C22H23ClO5/c1-13(2)27-21-11-16(22(26)28-14(3)4)6-5-15(21)7-10-19(24)18-9-8-17(23)12-20(18)25/h5-14,25H,1-4H3. The summed E-state index contributed by atoms with van der Waals surface area (Å²) >= 11 is 5.79. The number of hydrogen-bond acceptors (Lipinski definition) is 5. The lowest BCUT2D eigenvalue weighted by Gasteiger charge is -2.14. The highest BCUT2D eigenvalue weighted by Crippen LogP contribution is 2.26. The van der Waals surface area contributed by atoms with Crippen LogP contribution in [0.1, 0.15) is 54.0 Å². The molecule has 0 fully saturated rings. The maximum absolute atomic E-state index is 12.4. The van der Waals surface area contributed by atoms with E-state index in [-0.39, 0.29) is 29.3 Å². The number of carbonyl (C=O) groups excluding carboxylic acids is 2. The van der Waals surface area contributed by atoms with Crippen LogP contribution in [-0.2, 0) is 4.74 Å². The highest BCUT2D eigenvalue weighted by Gasteiger charge is 2.14. The van der Waals surface area contributed by atoms with E-state index in [1.54, 1.807) is 38.1 Å². The van der Waals surface area contributed by atoms with Crippen LogP contribution >= 0.6 is 11.6 Å². The van der Waals surface area contributed by atoms with E-state index in [0.29, 0.717) is 21.9 Å². The van der Waals surface area contributed by atoms with Crippen molar-refractivity contribution in [3.63, 3.8) is 0 Å². The van der Waals surface area contributed by atoms with Crippen molar-refractivity contribution in [3.05, 3.63) is 64.2 Å². The Bertz CT molecular complexity index is 900. The topological polar surface area (TPSA) is 72.8 Å². The van der Waals surface area contributed by atoms with Gasteiger partial charge in [0.1, 0.15) is 11.5 Å². The van der Waals surface area contributed by atoms with Gasteiger partial charge in [-0.2, -0.15) is 0 Å². The third kappa shape index (κ3) is 5.86. The molecule has 0 unspecified atom stereocenters. The number of hydrogen-bond donors (Lipinski definition) is 1. The van der Waals surface area contributed by atoms with Gasteiger partial charge < -0.3 is 14.6 Å². The van der Waals surface area contributed by atoms with Crippen molar-refractivity contribution in [1.82, 2.24) is 0 Å². The number of carbonyl (C=O) groups is 2. The number of rotatable bonds is 7. The monoisotopic (exact) mass is 402 g/mol. The first-order valence-corrected chi connectivity index (χ1v) is 9.27. The number of esters is 1. The van der Waals surface area contributed by atoms with Crippen LogP contribution in [0, 0.1) is 0 Å². The molecule has 0 saturated heterocycles. The number of phenolic OH excluding ortho intramolecular Hbond substituents is 1. The Hall–Kier alpha value is -2.79. The van der Waals surface area contributed by atoms with E-state index in [0.717, 1.165) is 0 Å². The van der Waals surface area contributed by atoms with Crippen LogP contribution in [0.5, 0.6) is 11.5 Å². The SMILES string of the molecule is CC(C)OC(=O)c1ccc(C=CC(=O)c2ccc(Cl)cc2O)c(OC(C)C)c1. The lowest BCUT2D eigenvalue weighted by molar-refractivity contribution is 0.0377. The predicted molar refractivity (Wildman–Crippen MR) is 109 cm³/mol. The summed E-state index contributed by atoms with van der Waals surface area (Å²) in [7, 11) is 0. The number of benzene rings is 2. The molecule has 2 aromatic rings. The van der Waals surface area contributed by atoms with Crippen LogP contribution < -0.4 is 4.74 Å². The Morgan fingerprint density at radius 2 is 1.75 bits per heavy atom. The number of halogens is 1. The Morgan fingerprint density at radius 3 is 2.36 bits per heavy atom. The summed E-state index contributed by atoms with van der Waals surface area (Å²) in [5.74, 6) is -0.556. The van der Waals surface area contributed by atoms with Crippen molar-refractivity contribution < 1.29 is 24.2 Å². The molecule has 1 N–H and O–H groups in total. The first-order valence-electron chi connectivity index (χ1n) is 8.90. The van der Waals surface area contributed by atoms with E-state index in [9.17, 15) is 14.7 Å². The molecule has 28 heavy (non-hydrogen) atoms. The molecule has 0 amide bonds. The molecule has 0 aromatic heterocycles. The minimum absolute atomic E-state index is 0.125. The maximum atomic E-state index is 12.4. The quantitative estimate of drug-likeness (QED) is 0.386. The zero-order valence-electron chi connectivity index (χ0n) is 16.2. The van der Waals surface area contributed by atoms with Gasteiger partial charge in [0, 0.05) is 10.6 Å². The fraction of sp³-hybridized carbons (Fsp3) is 0.273. The second kappa shape index (κ2) is 9.42. The van der Waals surface area contributed by atoms with Crippen LogP contribution in [0.2, 0.25) is 5.02 Å². The summed E-state index contributed by atoms with van der Waals surface area (Å²) in [5.41, 5.74) is 1.13. The summed E-state index contributed by atoms with van der Waals surface area (Å²) in [4.78, 5) is 24.5. The zero-order valence-corrected chi connectivity index (χ0v) is 17.0. The van der Waals surface area contributed by atoms with Gasteiger partial charge in [0.25, 0.3) is 0 Å². The van der Waals surface area contributed by atoms with Crippen molar-refractivity contribution in [3.8, 4) is 11.5 Å². The Labute approximate surface area is 169 Å². The molecule has 148 valence electrons. The molecule has 0 saturated carbocycles. The minimum atomic E-state index is -0.443. The van der Waals surface area contributed by atoms with E-state index in [1.165, 1.54) is 24.3 Å². The van der Waals surface area contributed by atoms with Gasteiger partial charge in [-0.05, 0) is 70.2 Å². The van der Waals surface area contributed by atoms with Crippen molar-refractivity contribution >= 4 is 29.4 Å². The molecular weight excluding hydrogens is 380 g/mol. The molecule has 0 bridgehead atoms. The number of phenols is 1. The lowest BCUT2D eigenvalue weighted by Crippen LogP contribution is -2.13. The van der Waals surface area contributed by atoms with E-state index in [2.05, 4.69) is 0 Å². The summed E-state index contributed by atoms with van der Waals surface area (Å²) in [6.07, 6.45) is 2.55. The number of aromatic hydroxyl groups is 1. The van der Waals surface area contributed by atoms with Gasteiger partial charge in [-0.1, -0.05) is 17.7 Å². The number of ether oxygens (including phenoxy) is 2. The molecule has 0 atom stereocenters. The second-order valence-electron chi connectivity index (χ2n) is 6.73. The van der Waals surface area contributed by atoms with Gasteiger partial charge in [0.05, 0.1) is 23.3 Å². The first-order chi connectivity index (χ1) is 13.2. The highest BCUT2D eigenvalue weighted by atomic mass is 35.5. The van der Waals surface area contributed by atoms with Gasteiger partial charge >= 0.3 is 5.97 Å². The van der Waals surface area contributed by atoms with E-state index in [1.807, 2.05) is 13.8 Å². The second-order valence-corrected chi connectivity index (χ2v) is 7.17. The Kier molecular flexibility index (Phi) is 7.24. The zero-order chi connectivity index (χ0) is 20.8. The third-order valence-electron chi connectivity index (χ3n) is 3.59. The van der Waals surface area contributed by atoms with Crippen molar-refractivity contribution in [2.24, 2.45) is 0 Å². The molecule has 0 aliphatic carbocycles. The molecule has 2 rings (SSSR count). The van der Waals surface area contributed by atoms with Gasteiger partial charge in [-0.15, -0.1) is 0 Å². The smallest absolute Gasteiger partial charge is 0.338 e. The highest BCUT2D eigenvalue weighted by molar-refractivity contribution is 6.31. The summed E-state index contributed by atoms with van der Waals surface area (Å²) in [6, 6.07) is 9.19. The van der Waals surface area contributed by atoms with E-state index in [4.69, 9.17) is 21.1 Å². The normalized spacial score (nSPS) is 11.2. The van der Waals surface area contributed by atoms with Gasteiger partial charge in [0.2, 0.25) is 0 Å². The summed E-state index contributed by atoms with van der Waals surface area (Å²) < 4.78 is 11.0. The Balaban J connectivity index is 2.31. The first kappa shape index (κ1) is 21.5. The fourth-order valence-electron chi connectivity index (χ4n) is 2.41. The summed E-state index contributed by atoms with van der Waals surface area (Å²) in [6.45, 7) is 7.28. The van der Waals surface area contributed by atoms with Crippen molar-refractivity contribution in [2.45, 2.75) is 39.9 Å². The molecule has 0 aliphatic heterocycles. The minimum Gasteiger partial charge on any atom is -0.507 e. The van der Waals surface area contributed by atoms with Crippen LogP contribution in [0.3, 0.4) is 0 Å². The molecular formula is C22H23ClO5. The molecule has 0 heterocycles. The fourth-order valence-corrected chi connectivity index (χ4v) is 2.57. The number of ketones is 1. The molecule has 0 radical (unpaired) electrons. The van der Waals surface area contributed by atoms with Crippen LogP contribution in [-0.4, -0.2) is 29.1 Å². The molecule has 0 aliphatic rings. The molecule has 0 spiro atoms. The molecule has 5 nitrogen and oxygen atoms in total. The van der Waals surface area contributed by atoms with Crippen LogP contribution in [0.25, 0.3) is 6.08 Å². The molecule has 6 heteroatoms. The van der Waals surface area contributed by atoms with Crippen LogP contribution in [0.4, 0.5) is 0 Å². The molecule has 2 aromatic carbocycles. The van der Waals surface area contributed by atoms with Crippen LogP contribution in [0.15, 0.2) is 42.5 Å².